The highest BCUT2D eigenvalue weighted by Gasteiger charge is 2.54. The first-order valence-electron chi connectivity index (χ1n) is 8.78. The van der Waals surface area contributed by atoms with Gasteiger partial charge < -0.3 is 0 Å². The zero-order chi connectivity index (χ0) is 21.1. The van der Waals surface area contributed by atoms with Crippen LogP contribution in [0, 0.1) is 0 Å². The van der Waals surface area contributed by atoms with Gasteiger partial charge in [0.05, 0.1) is 22.5 Å². The molecule has 152 valence electrons. The fraction of sp³-hybridized carbons (Fsp3) is 0.222. The Hall–Kier alpha value is -2.60. The van der Waals surface area contributed by atoms with Gasteiger partial charge in [0.25, 0.3) is 11.8 Å². The molecule has 29 heavy (non-hydrogen) atoms. The number of carbonyl (C=O) groups excluding carboxylic acids is 2. The quantitative estimate of drug-likeness (QED) is 0.667. The lowest BCUT2D eigenvalue weighted by Crippen LogP contribution is -2.42. The van der Waals surface area contributed by atoms with Crippen LogP contribution in [-0.2, 0) is 13.4 Å². The molecule has 0 bridgehead atoms. The summed E-state index contributed by atoms with van der Waals surface area (Å²) < 4.78 is 38.2. The molecule has 2 atom stereocenters. The van der Waals surface area contributed by atoms with Crippen LogP contribution < -0.4 is 9.34 Å². The molecule has 0 aromatic heterocycles. The van der Waals surface area contributed by atoms with Crippen molar-refractivity contribution in [3.63, 3.8) is 0 Å². The van der Waals surface area contributed by atoms with E-state index in [-0.39, 0.29) is 0 Å². The zero-order valence-corrected chi connectivity index (χ0v) is 18.1. The number of amides is 2. The molecule has 11 heteroatoms. The number of rotatable bonds is 2. The monoisotopic (exact) mass is 434 g/mol. The van der Waals surface area contributed by atoms with E-state index in [1.807, 2.05) is 0 Å². The molecule has 0 radical (unpaired) electrons. The predicted octanol–water partition coefficient (Wildman–Crippen LogP) is 3.66. The minimum absolute atomic E-state index is 0.359. The molecule has 0 saturated heterocycles. The summed E-state index contributed by atoms with van der Waals surface area (Å²) in [6, 6.07) is 13.3. The molecular formula is C18H20N4O5P2. The lowest BCUT2D eigenvalue weighted by atomic mass is 10.1. The molecule has 2 aromatic rings. The standard InChI is InChI=1S/C18H20N4O5P2/c1-19-15-11-7-5-9-13(15)17(23)21(3)28(19,25)27-29(26)20(2)16-12-8-6-10-14(16)18(24)22(29)4/h5-12H,1-4H3. The van der Waals surface area contributed by atoms with Gasteiger partial charge >= 0.3 is 15.3 Å². The van der Waals surface area contributed by atoms with Gasteiger partial charge in [-0.05, 0) is 24.3 Å². The Morgan fingerprint density at radius 3 is 1.34 bits per heavy atom. The Morgan fingerprint density at radius 1 is 0.621 bits per heavy atom. The van der Waals surface area contributed by atoms with Gasteiger partial charge in [-0.3, -0.25) is 28.3 Å². The van der Waals surface area contributed by atoms with Crippen LogP contribution in [0.25, 0.3) is 0 Å². The van der Waals surface area contributed by atoms with E-state index < -0.39 is 27.2 Å². The second kappa shape index (κ2) is 6.46. The lowest BCUT2D eigenvalue weighted by molar-refractivity contribution is 0.0863. The Labute approximate surface area is 168 Å². The number of benzene rings is 2. The van der Waals surface area contributed by atoms with Crippen LogP contribution in [0.2, 0.25) is 0 Å². The summed E-state index contributed by atoms with van der Waals surface area (Å²) in [7, 11) is -2.54. The molecule has 2 aliphatic heterocycles. The summed E-state index contributed by atoms with van der Waals surface area (Å²) in [5, 5.41) is 0. The molecule has 2 amide bonds. The third-order valence-corrected chi connectivity index (χ3v) is 10.8. The maximum absolute atomic E-state index is 13.9. The lowest BCUT2D eigenvalue weighted by Gasteiger charge is -2.45. The van der Waals surface area contributed by atoms with Crippen LogP contribution in [-0.4, -0.2) is 49.3 Å². The third kappa shape index (κ3) is 2.58. The van der Waals surface area contributed by atoms with Crippen LogP contribution >= 0.6 is 15.3 Å². The van der Waals surface area contributed by atoms with E-state index in [1.165, 1.54) is 37.5 Å². The molecule has 2 unspecified atom stereocenters. The molecule has 0 aliphatic carbocycles. The molecule has 0 fully saturated rings. The van der Waals surface area contributed by atoms with Crippen molar-refractivity contribution in [1.29, 1.82) is 0 Å². The van der Waals surface area contributed by atoms with E-state index in [2.05, 4.69) is 0 Å². The van der Waals surface area contributed by atoms with Gasteiger partial charge in [-0.25, -0.2) is 13.4 Å². The normalized spacial score (nSPS) is 26.5. The molecule has 0 N–H and O–H groups in total. The van der Waals surface area contributed by atoms with Crippen LogP contribution in [0.3, 0.4) is 0 Å². The smallest absolute Gasteiger partial charge is 0.287 e. The van der Waals surface area contributed by atoms with Crippen LogP contribution in [0.4, 0.5) is 11.4 Å². The summed E-state index contributed by atoms with van der Waals surface area (Å²) in [6.45, 7) is 0. The van der Waals surface area contributed by atoms with E-state index in [1.54, 1.807) is 48.5 Å². The molecule has 0 spiro atoms. The molecule has 4 rings (SSSR count). The molecule has 2 aromatic carbocycles. The number of carbonyl (C=O) groups is 2. The maximum atomic E-state index is 13.9. The summed E-state index contributed by atoms with van der Waals surface area (Å²) in [5.74, 6) is -1.02. The fourth-order valence-electron chi connectivity index (χ4n) is 3.48. The Kier molecular flexibility index (Phi) is 4.39. The van der Waals surface area contributed by atoms with Gasteiger partial charge in [0.1, 0.15) is 0 Å². The highest BCUT2D eigenvalue weighted by molar-refractivity contribution is 7.72. The van der Waals surface area contributed by atoms with Gasteiger partial charge in [0, 0.05) is 28.2 Å². The van der Waals surface area contributed by atoms with Crippen LogP contribution in [0.1, 0.15) is 20.7 Å². The summed E-state index contributed by atoms with van der Waals surface area (Å²) in [4.78, 5) is 25.6. The van der Waals surface area contributed by atoms with Gasteiger partial charge in [0.15, 0.2) is 0 Å². The minimum atomic E-state index is -4.11. The predicted molar refractivity (Wildman–Crippen MR) is 110 cm³/mol. The van der Waals surface area contributed by atoms with Crippen molar-refractivity contribution in [3.05, 3.63) is 59.7 Å². The average Bonchev–Trinajstić information content (AvgIpc) is 2.74. The van der Waals surface area contributed by atoms with Crippen molar-refractivity contribution < 1.29 is 23.0 Å². The maximum Gasteiger partial charge on any atom is 0.407 e. The number of hydrogen-bond acceptors (Lipinski definition) is 5. The van der Waals surface area contributed by atoms with Gasteiger partial charge in [-0.1, -0.05) is 24.3 Å². The van der Waals surface area contributed by atoms with E-state index in [4.69, 9.17) is 4.31 Å². The number of hydrogen-bond donors (Lipinski definition) is 0. The summed E-state index contributed by atoms with van der Waals surface area (Å²) >= 11 is 0. The minimum Gasteiger partial charge on any atom is -0.287 e. The van der Waals surface area contributed by atoms with Gasteiger partial charge in [-0.2, -0.15) is 0 Å². The van der Waals surface area contributed by atoms with Crippen LogP contribution in [0.5, 0.6) is 0 Å². The molecule has 9 nitrogen and oxygen atoms in total. The van der Waals surface area contributed by atoms with E-state index >= 15 is 0 Å². The number of nitrogens with zero attached hydrogens (tertiary/aromatic N) is 4. The first kappa shape index (κ1) is 19.7. The fourth-order valence-corrected chi connectivity index (χ4v) is 8.72. The second-order valence-electron chi connectivity index (χ2n) is 6.80. The zero-order valence-electron chi connectivity index (χ0n) is 16.3. The largest absolute Gasteiger partial charge is 0.407 e. The number of anilines is 2. The first-order chi connectivity index (χ1) is 13.6. The highest BCUT2D eigenvalue weighted by Crippen LogP contribution is 2.72. The van der Waals surface area contributed by atoms with Crippen molar-refractivity contribution in [2.45, 2.75) is 0 Å². The highest BCUT2D eigenvalue weighted by atomic mass is 31.3. The van der Waals surface area contributed by atoms with Gasteiger partial charge in [-0.15, -0.1) is 0 Å². The SMILES string of the molecule is CN1C(=O)c2ccccc2N(C)P1(=O)OP1(=O)N(C)C(=O)c2ccccc2N1C. The Morgan fingerprint density at radius 2 is 0.966 bits per heavy atom. The number of para-hydroxylation sites is 2. The molecule has 2 aliphatic rings. The topological polar surface area (TPSA) is 90.5 Å². The van der Waals surface area contributed by atoms with E-state index in [9.17, 15) is 18.7 Å². The molecule has 0 saturated carbocycles. The third-order valence-electron chi connectivity index (χ3n) is 5.28. The van der Waals surface area contributed by atoms with Crippen molar-refractivity contribution in [2.75, 3.05) is 37.5 Å². The Bertz CT molecular complexity index is 1050. The first-order valence-corrected chi connectivity index (χ1v) is 11.8. The van der Waals surface area contributed by atoms with Crippen molar-refractivity contribution in [3.8, 4) is 0 Å². The van der Waals surface area contributed by atoms with E-state index in [0.29, 0.717) is 22.5 Å². The van der Waals surface area contributed by atoms with Crippen LogP contribution in [0.15, 0.2) is 48.5 Å². The average molecular weight is 434 g/mol. The van der Waals surface area contributed by atoms with Crippen molar-refractivity contribution >= 4 is 38.5 Å². The summed E-state index contributed by atoms with van der Waals surface area (Å²) in [6.07, 6.45) is 0. The van der Waals surface area contributed by atoms with Crippen molar-refractivity contribution in [1.82, 2.24) is 9.34 Å². The Balaban J connectivity index is 1.83. The molecular weight excluding hydrogens is 414 g/mol. The summed E-state index contributed by atoms with van der Waals surface area (Å²) in [5.41, 5.74) is 1.52. The second-order valence-corrected chi connectivity index (χ2v) is 11.8. The molecule has 2 heterocycles. The number of fused-ring (bicyclic) bond motifs is 2. The van der Waals surface area contributed by atoms with E-state index in [0.717, 1.165) is 9.34 Å². The van der Waals surface area contributed by atoms with Crippen molar-refractivity contribution in [2.24, 2.45) is 0 Å². The van der Waals surface area contributed by atoms with Gasteiger partial charge in [0.2, 0.25) is 0 Å².